The molecule has 0 saturated carbocycles. The van der Waals surface area contributed by atoms with Crippen LogP contribution in [0.15, 0.2) is 23.6 Å². The third-order valence-corrected chi connectivity index (χ3v) is 2.86. The van der Waals surface area contributed by atoms with Crippen molar-refractivity contribution in [1.82, 2.24) is 4.98 Å². The molecule has 0 unspecified atom stereocenters. The Hall–Kier alpha value is -1.33. The van der Waals surface area contributed by atoms with Crippen LogP contribution >= 0.6 is 22.9 Å². The fraction of sp³-hybridized carbons (Fsp3) is 0.100. The van der Waals surface area contributed by atoms with E-state index < -0.39 is 5.82 Å². The number of halogens is 2. The molecule has 3 nitrogen and oxygen atoms in total. The Morgan fingerprint density at radius 3 is 2.94 bits per heavy atom. The van der Waals surface area contributed by atoms with Crippen LogP contribution in [0.4, 0.5) is 9.52 Å². The molecule has 2 rings (SSSR count). The Bertz CT molecular complexity index is 503. The summed E-state index contributed by atoms with van der Waals surface area (Å²) in [6.45, 7) is 0.287. The molecular weight excluding hydrogens is 251 g/mol. The minimum Gasteiger partial charge on any atom is -0.487 e. The Morgan fingerprint density at radius 1 is 1.50 bits per heavy atom. The van der Waals surface area contributed by atoms with Gasteiger partial charge in [0.25, 0.3) is 0 Å². The summed E-state index contributed by atoms with van der Waals surface area (Å²) < 4.78 is 18.2. The largest absolute Gasteiger partial charge is 0.487 e. The number of benzene rings is 1. The van der Waals surface area contributed by atoms with E-state index in [-0.39, 0.29) is 11.6 Å². The fourth-order valence-electron chi connectivity index (χ4n) is 1.11. The van der Waals surface area contributed by atoms with Crippen LogP contribution < -0.4 is 10.5 Å². The first kappa shape index (κ1) is 11.2. The van der Waals surface area contributed by atoms with Gasteiger partial charge in [-0.15, -0.1) is 11.3 Å². The molecule has 0 bridgehead atoms. The van der Waals surface area contributed by atoms with Crippen molar-refractivity contribution in [3.8, 4) is 5.75 Å². The van der Waals surface area contributed by atoms with E-state index in [1.165, 1.54) is 29.5 Å². The minimum atomic E-state index is -0.466. The number of ether oxygens (including phenoxy) is 1. The standard InChI is InChI=1S/C10H8ClFN2OS/c11-8-3-7(1-2-9(8)12)15-4-6-5-16-10(13)14-6/h1-3,5H,4H2,(H2,13,14). The summed E-state index contributed by atoms with van der Waals surface area (Å²) in [5.74, 6) is 0.0323. The average molecular weight is 259 g/mol. The van der Waals surface area contributed by atoms with E-state index in [1.807, 2.05) is 0 Å². The number of nitrogen functional groups attached to an aromatic ring is 1. The number of hydrogen-bond donors (Lipinski definition) is 1. The molecule has 0 saturated heterocycles. The first-order valence-corrected chi connectivity index (χ1v) is 5.68. The van der Waals surface area contributed by atoms with Crippen LogP contribution in [0.1, 0.15) is 5.69 Å². The second-order valence-electron chi connectivity index (χ2n) is 3.04. The fourth-order valence-corrected chi connectivity index (χ4v) is 1.83. The lowest BCUT2D eigenvalue weighted by Gasteiger charge is -2.04. The van der Waals surface area contributed by atoms with Crippen molar-refractivity contribution < 1.29 is 9.13 Å². The molecule has 16 heavy (non-hydrogen) atoms. The SMILES string of the molecule is Nc1nc(COc2ccc(F)c(Cl)c2)cs1. The van der Waals surface area contributed by atoms with Crippen molar-refractivity contribution in [3.05, 3.63) is 40.1 Å². The molecule has 1 aromatic carbocycles. The number of nitrogens with zero attached hydrogens (tertiary/aromatic N) is 1. The molecule has 6 heteroatoms. The highest BCUT2D eigenvalue weighted by molar-refractivity contribution is 7.13. The van der Waals surface area contributed by atoms with Gasteiger partial charge in [0.15, 0.2) is 5.13 Å². The third-order valence-electron chi connectivity index (χ3n) is 1.85. The van der Waals surface area contributed by atoms with E-state index in [4.69, 9.17) is 22.1 Å². The monoisotopic (exact) mass is 258 g/mol. The van der Waals surface area contributed by atoms with Crippen LogP contribution in [-0.4, -0.2) is 4.98 Å². The molecule has 1 aromatic heterocycles. The number of rotatable bonds is 3. The quantitative estimate of drug-likeness (QED) is 0.920. The molecule has 0 aliphatic rings. The molecule has 2 N–H and O–H groups in total. The van der Waals surface area contributed by atoms with Gasteiger partial charge >= 0.3 is 0 Å². The first-order chi connectivity index (χ1) is 7.65. The maximum Gasteiger partial charge on any atom is 0.180 e. The number of thiazole rings is 1. The summed E-state index contributed by atoms with van der Waals surface area (Å²) in [4.78, 5) is 4.03. The van der Waals surface area contributed by atoms with Crippen molar-refractivity contribution in [3.63, 3.8) is 0 Å². The van der Waals surface area contributed by atoms with Gasteiger partial charge in [-0.3, -0.25) is 0 Å². The van der Waals surface area contributed by atoms with E-state index in [9.17, 15) is 4.39 Å². The predicted octanol–water partition coefficient (Wildman–Crippen LogP) is 3.10. The van der Waals surface area contributed by atoms with Crippen LogP contribution in [0.2, 0.25) is 5.02 Å². The molecule has 2 aromatic rings. The second kappa shape index (κ2) is 4.67. The topological polar surface area (TPSA) is 48.1 Å². The van der Waals surface area contributed by atoms with Crippen molar-refractivity contribution in [2.75, 3.05) is 5.73 Å². The van der Waals surface area contributed by atoms with Crippen LogP contribution in [0, 0.1) is 5.82 Å². The van der Waals surface area contributed by atoms with E-state index in [0.29, 0.717) is 10.9 Å². The molecule has 0 spiro atoms. The molecule has 0 amide bonds. The Kier molecular flexibility index (Phi) is 3.26. The normalized spacial score (nSPS) is 10.4. The van der Waals surface area contributed by atoms with Crippen molar-refractivity contribution >= 4 is 28.1 Å². The molecular formula is C10H8ClFN2OS. The zero-order valence-corrected chi connectivity index (χ0v) is 9.69. The van der Waals surface area contributed by atoms with Gasteiger partial charge in [0.05, 0.1) is 10.7 Å². The van der Waals surface area contributed by atoms with Crippen LogP contribution in [0.25, 0.3) is 0 Å². The van der Waals surface area contributed by atoms with Crippen molar-refractivity contribution in [2.24, 2.45) is 0 Å². The maximum atomic E-state index is 12.9. The lowest BCUT2D eigenvalue weighted by molar-refractivity contribution is 0.302. The summed E-state index contributed by atoms with van der Waals surface area (Å²) in [6.07, 6.45) is 0. The molecule has 0 atom stereocenters. The van der Waals surface area contributed by atoms with E-state index in [2.05, 4.69) is 4.98 Å². The molecule has 0 aliphatic carbocycles. The summed E-state index contributed by atoms with van der Waals surface area (Å²) in [7, 11) is 0. The van der Waals surface area contributed by atoms with Gasteiger partial charge in [-0.05, 0) is 12.1 Å². The van der Waals surface area contributed by atoms with Gasteiger partial charge in [0.1, 0.15) is 18.2 Å². The Labute approximate surface area is 101 Å². The number of nitrogens with two attached hydrogens (primary N) is 1. The number of anilines is 1. The smallest absolute Gasteiger partial charge is 0.180 e. The van der Waals surface area contributed by atoms with E-state index >= 15 is 0 Å². The average Bonchev–Trinajstić information content (AvgIpc) is 2.66. The molecule has 0 aliphatic heterocycles. The summed E-state index contributed by atoms with van der Waals surface area (Å²) in [5.41, 5.74) is 6.21. The maximum absolute atomic E-state index is 12.9. The van der Waals surface area contributed by atoms with Gasteiger partial charge in [0.2, 0.25) is 0 Å². The van der Waals surface area contributed by atoms with E-state index in [0.717, 1.165) is 5.69 Å². The minimum absolute atomic E-state index is 0.0373. The lowest BCUT2D eigenvalue weighted by Crippen LogP contribution is -1.96. The van der Waals surface area contributed by atoms with Gasteiger partial charge < -0.3 is 10.5 Å². The Morgan fingerprint density at radius 2 is 2.31 bits per heavy atom. The van der Waals surface area contributed by atoms with Gasteiger partial charge in [-0.2, -0.15) is 0 Å². The van der Waals surface area contributed by atoms with Crippen molar-refractivity contribution in [1.29, 1.82) is 0 Å². The number of aromatic nitrogens is 1. The lowest BCUT2D eigenvalue weighted by atomic mass is 10.3. The highest BCUT2D eigenvalue weighted by Gasteiger charge is 2.03. The van der Waals surface area contributed by atoms with Crippen LogP contribution in [-0.2, 0) is 6.61 Å². The first-order valence-electron chi connectivity index (χ1n) is 4.43. The van der Waals surface area contributed by atoms with E-state index in [1.54, 1.807) is 5.38 Å². The highest BCUT2D eigenvalue weighted by Crippen LogP contribution is 2.22. The van der Waals surface area contributed by atoms with Crippen molar-refractivity contribution in [2.45, 2.75) is 6.61 Å². The third kappa shape index (κ3) is 2.62. The molecule has 0 radical (unpaired) electrons. The van der Waals surface area contributed by atoms with Gasteiger partial charge in [0, 0.05) is 11.4 Å². The Balaban J connectivity index is 2.02. The molecule has 1 heterocycles. The number of hydrogen-bond acceptors (Lipinski definition) is 4. The zero-order valence-electron chi connectivity index (χ0n) is 8.11. The van der Waals surface area contributed by atoms with Crippen LogP contribution in [0.5, 0.6) is 5.75 Å². The second-order valence-corrected chi connectivity index (χ2v) is 4.34. The zero-order chi connectivity index (χ0) is 11.5. The predicted molar refractivity (Wildman–Crippen MR) is 62.3 cm³/mol. The summed E-state index contributed by atoms with van der Waals surface area (Å²) in [5, 5.41) is 2.34. The van der Waals surface area contributed by atoms with Gasteiger partial charge in [-0.25, -0.2) is 9.37 Å². The molecule has 0 fully saturated rings. The molecule has 84 valence electrons. The highest BCUT2D eigenvalue weighted by atomic mass is 35.5. The van der Waals surface area contributed by atoms with Gasteiger partial charge in [-0.1, -0.05) is 11.6 Å². The summed E-state index contributed by atoms with van der Waals surface area (Å²) in [6, 6.07) is 4.19. The van der Waals surface area contributed by atoms with Crippen LogP contribution in [0.3, 0.4) is 0 Å². The summed E-state index contributed by atoms with van der Waals surface area (Å²) >= 11 is 6.96.